The summed E-state index contributed by atoms with van der Waals surface area (Å²) in [5.74, 6) is 0. The van der Waals surface area contributed by atoms with Crippen LogP contribution in [0.4, 0.5) is 0 Å². The van der Waals surface area contributed by atoms with Crippen molar-refractivity contribution in [1.29, 1.82) is 0 Å². The first-order valence-corrected chi connectivity index (χ1v) is 14.9. The zero-order valence-electron chi connectivity index (χ0n) is 14.2. The Balaban J connectivity index is -0.0000000900. The quantitative estimate of drug-likeness (QED) is 0.242. The Labute approximate surface area is 170 Å². The lowest BCUT2D eigenvalue weighted by Crippen LogP contribution is -2.12. The Hall–Kier alpha value is 0.220. The normalized spacial score (nSPS) is 11.3. The zero-order chi connectivity index (χ0) is 22.2. The molecule has 18 heteroatoms. The fourth-order valence-corrected chi connectivity index (χ4v) is 1.11. The van der Waals surface area contributed by atoms with Crippen LogP contribution in [0.15, 0.2) is 0 Å². The van der Waals surface area contributed by atoms with Gasteiger partial charge in [0.15, 0.2) is 0 Å². The molecular weight excluding hydrogens is 499 g/mol. The molecule has 0 atom stereocenters. The van der Waals surface area contributed by atoms with Crippen molar-refractivity contribution in [2.24, 2.45) is 0 Å². The fourth-order valence-electron chi connectivity index (χ4n) is 0.371. The van der Waals surface area contributed by atoms with E-state index in [4.69, 9.17) is 10.2 Å². The lowest BCUT2D eigenvalue weighted by molar-refractivity contribution is 0.186. The molecule has 2 N–H and O–H groups in total. The summed E-state index contributed by atoms with van der Waals surface area (Å²) in [5.41, 5.74) is 0. The second kappa shape index (κ2) is 18.3. The van der Waals surface area contributed by atoms with Crippen molar-refractivity contribution in [2.75, 3.05) is 51.5 Å². The molecule has 0 fully saturated rings. The third-order valence-corrected chi connectivity index (χ3v) is 1.97. The van der Waals surface area contributed by atoms with Crippen LogP contribution in [0, 0.1) is 0 Å². The summed E-state index contributed by atoms with van der Waals surface area (Å²) in [4.78, 5) is 0. The molecule has 172 valence electrons. The van der Waals surface area contributed by atoms with Crippen molar-refractivity contribution in [3.8, 4) is 0 Å². The zero-order valence-corrected chi connectivity index (χ0v) is 19.0. The van der Waals surface area contributed by atoms with Crippen LogP contribution >= 0.6 is 21.4 Å². The largest absolute Gasteiger partial charge is 0.394 e. The van der Waals surface area contributed by atoms with Gasteiger partial charge in [-0.15, -0.1) is 0 Å². The first-order valence-electron chi connectivity index (χ1n) is 5.82. The van der Waals surface area contributed by atoms with Crippen molar-refractivity contribution in [2.45, 2.75) is 7.43 Å². The molecule has 0 aromatic rings. The Bertz CT molecular complexity index is 659. The van der Waals surface area contributed by atoms with Crippen molar-refractivity contribution in [3.05, 3.63) is 0 Å². The lowest BCUT2D eigenvalue weighted by atomic mass is 10.8. The van der Waals surface area contributed by atoms with Crippen LogP contribution in [0.2, 0.25) is 0 Å². The van der Waals surface area contributed by atoms with Crippen molar-refractivity contribution < 1.29 is 52.3 Å². The number of halogens is 2. The molecule has 0 aromatic carbocycles. The molecule has 0 spiro atoms. The third-order valence-electron chi connectivity index (χ3n) is 0.778. The van der Waals surface area contributed by atoms with Crippen molar-refractivity contribution >= 4 is 59.7 Å². The monoisotopic (exact) mass is 524 g/mol. The maximum atomic E-state index is 10.3. The van der Waals surface area contributed by atoms with E-state index in [1.54, 1.807) is 0 Å². The molecule has 12 nitrogen and oxygen atoms in total. The van der Waals surface area contributed by atoms with E-state index in [-0.39, 0.29) is 33.9 Å². The van der Waals surface area contributed by atoms with Gasteiger partial charge in [-0.3, -0.25) is 8.37 Å². The molecule has 0 heterocycles. The number of rotatable bonds is 6. The molecule has 0 saturated heterocycles. The first-order chi connectivity index (χ1) is 11.1. The number of aliphatic hydroxyl groups is 2. The highest BCUT2D eigenvalue weighted by Crippen LogP contribution is 1.90. The Morgan fingerprint density at radius 2 is 0.778 bits per heavy atom. The van der Waals surface area contributed by atoms with Crippen LogP contribution in [0.5, 0.6) is 0 Å². The standard InChI is InChI=1S/C4H10O6S2.C2H6O2.2CH3ClO2S.CH4/c1-11(5,6)9-3-4-10-12(2,7)8;3-1-2-4;2*1-5(2,3)4;/h3-4H2,1-2H3;3-4H,1-2H2;2*1H3;1H4. The van der Waals surface area contributed by atoms with Gasteiger partial charge in [-0.25, -0.2) is 16.8 Å². The molecule has 0 saturated carbocycles. The smallest absolute Gasteiger partial charge is 0.264 e. The van der Waals surface area contributed by atoms with Crippen LogP contribution in [0.1, 0.15) is 7.43 Å². The molecule has 0 aliphatic rings. The summed E-state index contributed by atoms with van der Waals surface area (Å²) in [6.45, 7) is -0.849. The minimum atomic E-state index is -3.52. The average Bonchev–Trinajstić information content (AvgIpc) is 2.28. The Kier molecular flexibility index (Phi) is 25.6. The summed E-state index contributed by atoms with van der Waals surface area (Å²) < 4.78 is 87.3. The van der Waals surface area contributed by atoms with Gasteiger partial charge < -0.3 is 10.2 Å². The van der Waals surface area contributed by atoms with Gasteiger partial charge in [0.05, 0.1) is 51.5 Å². The summed E-state index contributed by atoms with van der Waals surface area (Å²) in [5, 5.41) is 15.2. The maximum Gasteiger partial charge on any atom is 0.264 e. The molecule has 27 heavy (non-hydrogen) atoms. The molecule has 0 aromatic heterocycles. The maximum absolute atomic E-state index is 10.3. The minimum Gasteiger partial charge on any atom is -0.394 e. The highest BCUT2D eigenvalue weighted by atomic mass is 35.7. The molecule has 0 radical (unpaired) electrons. The molecule has 0 rings (SSSR count). The molecular formula is C9H26Cl2O12S4. The predicted molar refractivity (Wildman–Crippen MR) is 104 cm³/mol. The Morgan fingerprint density at radius 3 is 0.852 bits per heavy atom. The van der Waals surface area contributed by atoms with Crippen LogP contribution in [-0.4, -0.2) is 95.3 Å². The van der Waals surface area contributed by atoms with Gasteiger partial charge in [-0.1, -0.05) is 7.43 Å². The second-order valence-corrected chi connectivity index (χ2v) is 13.2. The fraction of sp³-hybridized carbons (Fsp3) is 1.00. The van der Waals surface area contributed by atoms with Gasteiger partial charge in [0.25, 0.3) is 20.2 Å². The van der Waals surface area contributed by atoms with Gasteiger partial charge in [0, 0.05) is 21.4 Å². The van der Waals surface area contributed by atoms with Gasteiger partial charge in [0.1, 0.15) is 0 Å². The topological polar surface area (TPSA) is 195 Å². The van der Waals surface area contributed by atoms with Gasteiger partial charge in [-0.2, -0.15) is 16.8 Å². The predicted octanol–water partition coefficient (Wildman–Crippen LogP) is -1.08. The SMILES string of the molecule is C.CS(=O)(=O)Cl.CS(=O)(=O)Cl.CS(=O)(=O)OCCOS(C)(=O)=O.OCCO. The summed E-state index contributed by atoms with van der Waals surface area (Å²) in [6, 6.07) is 0. The number of hydrogen-bond donors (Lipinski definition) is 2. The van der Waals surface area contributed by atoms with E-state index in [1.165, 1.54) is 0 Å². The second-order valence-electron chi connectivity index (χ2n) is 3.86. The molecule has 0 aliphatic heterocycles. The van der Waals surface area contributed by atoms with Crippen molar-refractivity contribution in [1.82, 2.24) is 0 Å². The van der Waals surface area contributed by atoms with E-state index >= 15 is 0 Å². The highest BCUT2D eigenvalue weighted by molar-refractivity contribution is 8.13. The van der Waals surface area contributed by atoms with Gasteiger partial charge >= 0.3 is 0 Å². The first kappa shape index (κ1) is 37.9. The minimum absolute atomic E-state index is 0. The van der Waals surface area contributed by atoms with Crippen LogP contribution in [0.3, 0.4) is 0 Å². The number of hydrogen-bond acceptors (Lipinski definition) is 12. The van der Waals surface area contributed by atoms with Crippen molar-refractivity contribution in [3.63, 3.8) is 0 Å². The third kappa shape index (κ3) is 147. The van der Waals surface area contributed by atoms with Crippen LogP contribution < -0.4 is 0 Å². The van der Waals surface area contributed by atoms with Gasteiger partial charge in [-0.05, 0) is 0 Å². The number of aliphatic hydroxyl groups excluding tert-OH is 2. The molecule has 0 bridgehead atoms. The van der Waals surface area contributed by atoms with E-state index < -0.39 is 38.3 Å². The lowest BCUT2D eigenvalue weighted by Gasteiger charge is -2.00. The van der Waals surface area contributed by atoms with Crippen LogP contribution in [0.25, 0.3) is 0 Å². The van der Waals surface area contributed by atoms with Crippen LogP contribution in [-0.2, 0) is 46.7 Å². The summed E-state index contributed by atoms with van der Waals surface area (Å²) in [7, 11) is -4.42. The van der Waals surface area contributed by atoms with E-state index in [1.807, 2.05) is 0 Å². The van der Waals surface area contributed by atoms with E-state index in [0.717, 1.165) is 25.0 Å². The van der Waals surface area contributed by atoms with Gasteiger partial charge in [0.2, 0.25) is 18.1 Å². The Morgan fingerprint density at radius 1 is 0.630 bits per heavy atom. The van der Waals surface area contributed by atoms with E-state index in [0.29, 0.717) is 0 Å². The summed E-state index contributed by atoms with van der Waals surface area (Å²) in [6.07, 6.45) is 3.59. The molecule has 0 aliphatic carbocycles. The average molecular weight is 525 g/mol. The van der Waals surface area contributed by atoms with E-state index in [2.05, 4.69) is 29.7 Å². The molecule has 0 amide bonds. The molecule has 0 unspecified atom stereocenters. The highest BCUT2D eigenvalue weighted by Gasteiger charge is 2.04. The van der Waals surface area contributed by atoms with E-state index in [9.17, 15) is 33.7 Å². The summed E-state index contributed by atoms with van der Waals surface area (Å²) >= 11 is 0.